The van der Waals surface area contributed by atoms with Crippen LogP contribution in [0.4, 0.5) is 11.4 Å². The minimum Gasteiger partial charge on any atom is -0.383 e. The second kappa shape index (κ2) is 10.2. The number of nitrogens with one attached hydrogen (secondary N) is 1. The zero-order chi connectivity index (χ0) is 21.7. The van der Waals surface area contributed by atoms with Crippen LogP contribution < -0.4 is 5.32 Å². The number of carbonyl (C=O) groups excluding carboxylic acids is 2. The Kier molecular flexibility index (Phi) is 7.69. The van der Waals surface area contributed by atoms with Gasteiger partial charge in [-0.15, -0.1) is 0 Å². The molecule has 158 valence electrons. The molecule has 0 bridgehead atoms. The number of carbonyl (C=O) groups is 2. The van der Waals surface area contributed by atoms with E-state index in [2.05, 4.69) is 27.3 Å². The number of amides is 2. The van der Waals surface area contributed by atoms with Crippen molar-refractivity contribution >= 4 is 56.0 Å². The molecule has 0 aromatic heterocycles. The summed E-state index contributed by atoms with van der Waals surface area (Å²) in [6.45, 7) is 4.83. The molecule has 1 unspecified atom stereocenters. The lowest BCUT2D eigenvalue weighted by molar-refractivity contribution is -0.128. The highest BCUT2D eigenvalue weighted by Crippen LogP contribution is 2.32. The van der Waals surface area contributed by atoms with E-state index in [4.69, 9.17) is 9.73 Å². The molecule has 0 saturated carbocycles. The van der Waals surface area contributed by atoms with Crippen LogP contribution in [0.15, 0.2) is 51.9 Å². The van der Waals surface area contributed by atoms with Gasteiger partial charge in [0, 0.05) is 23.7 Å². The molecule has 1 aliphatic heterocycles. The molecule has 1 aliphatic rings. The van der Waals surface area contributed by atoms with Crippen LogP contribution in [-0.4, -0.2) is 47.4 Å². The predicted octanol–water partition coefficient (Wildman–Crippen LogP) is 4.67. The minimum atomic E-state index is -0.512. The fraction of sp³-hybridized carbons (Fsp3) is 0.318. The Hall–Kier alpha value is -2.16. The normalized spacial score (nSPS) is 17.6. The Morgan fingerprint density at radius 1 is 1.23 bits per heavy atom. The molecule has 30 heavy (non-hydrogen) atoms. The van der Waals surface area contributed by atoms with Crippen LogP contribution in [0.5, 0.6) is 0 Å². The van der Waals surface area contributed by atoms with Crippen LogP contribution in [0.25, 0.3) is 0 Å². The second-order valence-electron chi connectivity index (χ2n) is 7.03. The van der Waals surface area contributed by atoms with Crippen molar-refractivity contribution in [1.82, 2.24) is 4.90 Å². The summed E-state index contributed by atoms with van der Waals surface area (Å²) in [6.07, 6.45) is 0.0783. The van der Waals surface area contributed by atoms with Crippen molar-refractivity contribution in [3.63, 3.8) is 0 Å². The largest absolute Gasteiger partial charge is 0.383 e. The summed E-state index contributed by atoms with van der Waals surface area (Å²) in [5, 5.41) is 2.94. The van der Waals surface area contributed by atoms with E-state index < -0.39 is 5.25 Å². The SMILES string of the molecule is COCCN1C(=O)C(CC(=O)Nc2ccc(Br)cc2)SC1=Nc1ccc(C)cc1C. The number of methoxy groups -OCH3 is 1. The number of hydrogen-bond donors (Lipinski definition) is 1. The zero-order valence-corrected chi connectivity index (χ0v) is 19.5. The summed E-state index contributed by atoms with van der Waals surface area (Å²) in [5.41, 5.74) is 3.71. The quantitative estimate of drug-likeness (QED) is 0.613. The second-order valence-corrected chi connectivity index (χ2v) is 9.12. The lowest BCUT2D eigenvalue weighted by Gasteiger charge is -2.16. The molecule has 2 aromatic rings. The smallest absolute Gasteiger partial charge is 0.242 e. The number of ether oxygens (including phenoxy) is 1. The lowest BCUT2D eigenvalue weighted by atomic mass is 10.1. The van der Waals surface area contributed by atoms with Gasteiger partial charge >= 0.3 is 0 Å². The molecule has 1 atom stereocenters. The van der Waals surface area contributed by atoms with E-state index in [1.807, 2.05) is 50.2 Å². The molecule has 1 saturated heterocycles. The van der Waals surface area contributed by atoms with Crippen molar-refractivity contribution in [2.24, 2.45) is 4.99 Å². The first-order chi connectivity index (χ1) is 14.4. The molecule has 2 aromatic carbocycles. The highest BCUT2D eigenvalue weighted by atomic mass is 79.9. The van der Waals surface area contributed by atoms with Gasteiger partial charge in [0.15, 0.2) is 5.17 Å². The first-order valence-corrected chi connectivity index (χ1v) is 11.2. The fourth-order valence-electron chi connectivity index (χ4n) is 3.06. The summed E-state index contributed by atoms with van der Waals surface area (Å²) in [7, 11) is 1.60. The van der Waals surface area contributed by atoms with Gasteiger partial charge in [0.05, 0.1) is 18.8 Å². The standard InChI is InChI=1S/C22H24BrN3O3S/c1-14-4-9-18(15(2)12-14)25-22-26(10-11-29-3)21(28)19(30-22)13-20(27)24-17-7-5-16(23)6-8-17/h4-9,12,19H,10-11,13H2,1-3H3,(H,24,27). The number of nitrogens with zero attached hydrogens (tertiary/aromatic N) is 2. The summed E-state index contributed by atoms with van der Waals surface area (Å²) < 4.78 is 6.09. The third-order valence-corrected chi connectivity index (χ3v) is 6.31. The maximum Gasteiger partial charge on any atom is 0.242 e. The maximum absolute atomic E-state index is 13.0. The summed E-state index contributed by atoms with van der Waals surface area (Å²) >= 11 is 4.70. The van der Waals surface area contributed by atoms with Crippen molar-refractivity contribution in [3.05, 3.63) is 58.1 Å². The van der Waals surface area contributed by atoms with Crippen molar-refractivity contribution in [1.29, 1.82) is 0 Å². The third-order valence-electron chi connectivity index (χ3n) is 4.61. The van der Waals surface area contributed by atoms with E-state index in [1.54, 1.807) is 12.0 Å². The summed E-state index contributed by atoms with van der Waals surface area (Å²) in [4.78, 5) is 31.8. The summed E-state index contributed by atoms with van der Waals surface area (Å²) in [6, 6.07) is 13.3. The van der Waals surface area contributed by atoms with E-state index in [1.165, 1.54) is 11.8 Å². The molecule has 1 N–H and O–H groups in total. The van der Waals surface area contributed by atoms with Gasteiger partial charge in [-0.05, 0) is 49.7 Å². The lowest BCUT2D eigenvalue weighted by Crippen LogP contribution is -2.35. The highest BCUT2D eigenvalue weighted by molar-refractivity contribution is 9.10. The van der Waals surface area contributed by atoms with Gasteiger partial charge in [0.25, 0.3) is 0 Å². The number of rotatable bonds is 7. The third kappa shape index (κ3) is 5.71. The molecule has 1 heterocycles. The molecule has 0 spiro atoms. The molecule has 3 rings (SSSR count). The fourth-order valence-corrected chi connectivity index (χ4v) is 4.50. The van der Waals surface area contributed by atoms with Crippen LogP contribution in [-0.2, 0) is 14.3 Å². The van der Waals surface area contributed by atoms with Gasteiger partial charge in [-0.25, -0.2) is 4.99 Å². The average Bonchev–Trinajstić information content (AvgIpc) is 2.98. The van der Waals surface area contributed by atoms with Gasteiger partial charge < -0.3 is 10.1 Å². The van der Waals surface area contributed by atoms with Crippen molar-refractivity contribution in [2.45, 2.75) is 25.5 Å². The number of benzene rings is 2. The first-order valence-electron chi connectivity index (χ1n) is 9.55. The number of hydrogen-bond acceptors (Lipinski definition) is 5. The Labute approximate surface area is 189 Å². The van der Waals surface area contributed by atoms with Crippen LogP contribution in [0.2, 0.25) is 0 Å². The number of thioether (sulfide) groups is 1. The molecule has 0 aliphatic carbocycles. The average molecular weight is 490 g/mol. The van der Waals surface area contributed by atoms with Crippen LogP contribution in [0.3, 0.4) is 0 Å². The van der Waals surface area contributed by atoms with Crippen LogP contribution in [0.1, 0.15) is 17.5 Å². The molecule has 8 heteroatoms. The van der Waals surface area contributed by atoms with E-state index >= 15 is 0 Å². The maximum atomic E-state index is 13.0. The van der Waals surface area contributed by atoms with E-state index in [9.17, 15) is 9.59 Å². The van der Waals surface area contributed by atoms with Gasteiger partial charge in [-0.3, -0.25) is 14.5 Å². The highest BCUT2D eigenvalue weighted by Gasteiger charge is 2.39. The minimum absolute atomic E-state index is 0.0783. The van der Waals surface area contributed by atoms with Crippen molar-refractivity contribution in [3.8, 4) is 0 Å². The molecule has 6 nitrogen and oxygen atoms in total. The van der Waals surface area contributed by atoms with Gasteiger partial charge in [-0.1, -0.05) is 45.4 Å². The number of anilines is 1. The number of aryl methyl sites for hydroxylation is 2. The zero-order valence-electron chi connectivity index (χ0n) is 17.1. The first kappa shape index (κ1) is 22.5. The molecule has 0 radical (unpaired) electrons. The van der Waals surface area contributed by atoms with Gasteiger partial charge in [-0.2, -0.15) is 0 Å². The van der Waals surface area contributed by atoms with E-state index in [-0.39, 0.29) is 18.2 Å². The van der Waals surface area contributed by atoms with E-state index in [0.29, 0.717) is 24.0 Å². The molecule has 2 amide bonds. The molecular weight excluding hydrogens is 466 g/mol. The molecule has 1 fully saturated rings. The predicted molar refractivity (Wildman–Crippen MR) is 125 cm³/mol. The van der Waals surface area contributed by atoms with E-state index in [0.717, 1.165) is 21.3 Å². The summed E-state index contributed by atoms with van der Waals surface area (Å²) in [5.74, 6) is -0.325. The Bertz CT molecular complexity index is 963. The number of aliphatic imine (C=N–C) groups is 1. The Morgan fingerprint density at radius 3 is 2.63 bits per heavy atom. The Morgan fingerprint density at radius 2 is 1.97 bits per heavy atom. The topological polar surface area (TPSA) is 71.0 Å². The van der Waals surface area contributed by atoms with Crippen molar-refractivity contribution < 1.29 is 14.3 Å². The van der Waals surface area contributed by atoms with Crippen LogP contribution >= 0.6 is 27.7 Å². The monoisotopic (exact) mass is 489 g/mol. The Balaban J connectivity index is 1.75. The number of amidine groups is 1. The van der Waals surface area contributed by atoms with Gasteiger partial charge in [0.1, 0.15) is 5.25 Å². The molecular formula is C22H24BrN3O3S. The van der Waals surface area contributed by atoms with Crippen molar-refractivity contribution in [2.75, 3.05) is 25.6 Å². The van der Waals surface area contributed by atoms with Gasteiger partial charge in [0.2, 0.25) is 11.8 Å². The van der Waals surface area contributed by atoms with Crippen LogP contribution in [0, 0.1) is 13.8 Å². The number of halogens is 1.